The van der Waals surface area contributed by atoms with Crippen LogP contribution in [0.15, 0.2) is 91.4 Å². The van der Waals surface area contributed by atoms with Crippen LogP contribution >= 0.6 is 0 Å². The second-order valence-corrected chi connectivity index (χ2v) is 7.55. The van der Waals surface area contributed by atoms with Crippen LogP contribution in [0.4, 0.5) is 5.82 Å². The van der Waals surface area contributed by atoms with Gasteiger partial charge in [0.15, 0.2) is 5.82 Å². The van der Waals surface area contributed by atoms with Gasteiger partial charge in [-0.05, 0) is 41.0 Å². The Hall–Kier alpha value is -4.63. The van der Waals surface area contributed by atoms with Crippen LogP contribution < -0.4 is 5.32 Å². The molecule has 5 rings (SSSR count). The summed E-state index contributed by atoms with van der Waals surface area (Å²) >= 11 is 0. The maximum atomic E-state index is 9.06. The lowest BCUT2D eigenvalue weighted by atomic mass is 10.0. The highest BCUT2D eigenvalue weighted by Gasteiger charge is 2.15. The molecule has 3 aromatic heterocycles. The number of hydrogen-bond acceptors (Lipinski definition) is 6. The van der Waals surface area contributed by atoms with Gasteiger partial charge in [0, 0.05) is 24.2 Å². The van der Waals surface area contributed by atoms with E-state index in [2.05, 4.69) is 39.6 Å². The molecule has 0 aliphatic heterocycles. The van der Waals surface area contributed by atoms with Crippen molar-refractivity contribution in [2.24, 2.45) is 0 Å². The van der Waals surface area contributed by atoms with E-state index >= 15 is 0 Å². The molecule has 5 aromatic rings. The minimum Gasteiger partial charge on any atom is -0.364 e. The molecule has 2 aromatic carbocycles. The number of anilines is 1. The highest BCUT2D eigenvalue weighted by Crippen LogP contribution is 2.34. The quantitative estimate of drug-likeness (QED) is 0.388. The maximum absolute atomic E-state index is 9.06. The third-order valence-corrected chi connectivity index (χ3v) is 5.31. The Morgan fingerprint density at radius 3 is 2.55 bits per heavy atom. The van der Waals surface area contributed by atoms with Crippen molar-refractivity contribution in [3.8, 4) is 28.6 Å². The zero-order chi connectivity index (χ0) is 22.5. The molecule has 0 spiro atoms. The molecule has 0 saturated heterocycles. The SMILES string of the molecule is N#CCc1cncc(-c2nc(NCc3ccccn3)c3c(-c4ccccc4)cccc3n2)c1. The molecular weight excluding hydrogens is 408 g/mol. The average molecular weight is 428 g/mol. The summed E-state index contributed by atoms with van der Waals surface area (Å²) in [5.41, 5.74) is 5.50. The zero-order valence-corrected chi connectivity index (χ0v) is 17.8. The van der Waals surface area contributed by atoms with Crippen molar-refractivity contribution in [1.82, 2.24) is 19.9 Å². The standard InChI is InChI=1S/C27H20N6/c28-13-12-19-15-21(17-29-16-19)26-32-24-11-6-10-23(20-7-2-1-3-8-20)25(24)27(33-26)31-18-22-9-4-5-14-30-22/h1-11,14-17H,12,18H2,(H,31,32,33). The number of nitrogens with zero attached hydrogens (tertiary/aromatic N) is 5. The Labute approximate surface area is 191 Å². The molecule has 0 aliphatic rings. The van der Waals surface area contributed by atoms with Crippen molar-refractivity contribution in [1.29, 1.82) is 5.26 Å². The number of hydrogen-bond donors (Lipinski definition) is 1. The molecule has 0 bridgehead atoms. The van der Waals surface area contributed by atoms with Crippen LogP contribution in [0.2, 0.25) is 0 Å². The number of pyridine rings is 2. The van der Waals surface area contributed by atoms with E-state index in [0.717, 1.165) is 44.7 Å². The Balaban J connectivity index is 1.67. The summed E-state index contributed by atoms with van der Waals surface area (Å²) in [6, 6.07) is 26.2. The van der Waals surface area contributed by atoms with Gasteiger partial charge >= 0.3 is 0 Å². The van der Waals surface area contributed by atoms with E-state index in [1.165, 1.54) is 0 Å². The van der Waals surface area contributed by atoms with Gasteiger partial charge in [-0.25, -0.2) is 9.97 Å². The fraction of sp³-hybridized carbons (Fsp3) is 0.0741. The van der Waals surface area contributed by atoms with Crippen molar-refractivity contribution in [2.45, 2.75) is 13.0 Å². The third kappa shape index (κ3) is 4.39. The first-order valence-corrected chi connectivity index (χ1v) is 10.6. The maximum Gasteiger partial charge on any atom is 0.163 e. The van der Waals surface area contributed by atoms with E-state index in [4.69, 9.17) is 15.2 Å². The molecule has 6 heteroatoms. The highest BCUT2D eigenvalue weighted by atomic mass is 15.0. The van der Waals surface area contributed by atoms with Gasteiger partial charge in [-0.1, -0.05) is 48.5 Å². The lowest BCUT2D eigenvalue weighted by Crippen LogP contribution is -2.06. The lowest BCUT2D eigenvalue weighted by molar-refractivity contribution is 1.03. The van der Waals surface area contributed by atoms with Gasteiger partial charge < -0.3 is 5.32 Å². The van der Waals surface area contributed by atoms with Gasteiger partial charge in [-0.15, -0.1) is 0 Å². The Bertz CT molecular complexity index is 1440. The third-order valence-electron chi connectivity index (χ3n) is 5.31. The Morgan fingerprint density at radius 2 is 1.73 bits per heavy atom. The number of nitriles is 1. The molecule has 0 aliphatic carbocycles. The van der Waals surface area contributed by atoms with Crippen LogP contribution in [0.1, 0.15) is 11.3 Å². The van der Waals surface area contributed by atoms with E-state index < -0.39 is 0 Å². The first-order valence-electron chi connectivity index (χ1n) is 10.6. The minimum absolute atomic E-state index is 0.289. The summed E-state index contributed by atoms with van der Waals surface area (Å²) < 4.78 is 0. The van der Waals surface area contributed by atoms with E-state index in [1.807, 2.05) is 54.6 Å². The van der Waals surface area contributed by atoms with Crippen molar-refractivity contribution in [3.63, 3.8) is 0 Å². The van der Waals surface area contributed by atoms with E-state index in [1.54, 1.807) is 18.6 Å². The molecule has 6 nitrogen and oxygen atoms in total. The summed E-state index contributed by atoms with van der Waals surface area (Å²) in [6.45, 7) is 0.530. The summed E-state index contributed by atoms with van der Waals surface area (Å²) in [5, 5.41) is 13.5. The monoisotopic (exact) mass is 428 g/mol. The first-order chi connectivity index (χ1) is 16.3. The van der Waals surface area contributed by atoms with E-state index in [9.17, 15) is 0 Å². The molecule has 0 radical (unpaired) electrons. The summed E-state index contributed by atoms with van der Waals surface area (Å²) in [6.07, 6.45) is 5.49. The molecule has 0 fully saturated rings. The normalized spacial score (nSPS) is 10.6. The molecule has 3 heterocycles. The molecule has 0 saturated carbocycles. The van der Waals surface area contributed by atoms with Crippen LogP contribution in [0.3, 0.4) is 0 Å². The average Bonchev–Trinajstić information content (AvgIpc) is 2.88. The molecule has 1 N–H and O–H groups in total. The highest BCUT2D eigenvalue weighted by molar-refractivity contribution is 6.02. The largest absolute Gasteiger partial charge is 0.364 e. The van der Waals surface area contributed by atoms with Crippen molar-refractivity contribution < 1.29 is 0 Å². The van der Waals surface area contributed by atoms with Gasteiger partial charge in [0.2, 0.25) is 0 Å². The number of benzene rings is 2. The smallest absolute Gasteiger partial charge is 0.163 e. The van der Waals surface area contributed by atoms with Gasteiger partial charge in [0.1, 0.15) is 5.82 Å². The lowest BCUT2D eigenvalue weighted by Gasteiger charge is -2.14. The van der Waals surface area contributed by atoms with Crippen LogP contribution in [-0.2, 0) is 13.0 Å². The van der Waals surface area contributed by atoms with Gasteiger partial charge in [0.05, 0.1) is 35.6 Å². The summed E-state index contributed by atoms with van der Waals surface area (Å²) in [4.78, 5) is 18.5. The van der Waals surface area contributed by atoms with Crippen molar-refractivity contribution in [3.05, 3.63) is 103 Å². The number of rotatable bonds is 6. The zero-order valence-electron chi connectivity index (χ0n) is 17.8. The number of nitrogens with one attached hydrogen (secondary N) is 1. The molecule has 33 heavy (non-hydrogen) atoms. The number of aromatic nitrogens is 4. The fourth-order valence-electron chi connectivity index (χ4n) is 3.77. The van der Waals surface area contributed by atoms with Crippen LogP contribution in [0, 0.1) is 11.3 Å². The Kier molecular flexibility index (Phi) is 5.68. The van der Waals surface area contributed by atoms with Crippen LogP contribution in [0.25, 0.3) is 33.4 Å². The van der Waals surface area contributed by atoms with Crippen LogP contribution in [0.5, 0.6) is 0 Å². The molecule has 0 atom stereocenters. The second-order valence-electron chi connectivity index (χ2n) is 7.55. The van der Waals surface area contributed by atoms with Crippen LogP contribution in [-0.4, -0.2) is 19.9 Å². The first kappa shape index (κ1) is 20.3. The predicted molar refractivity (Wildman–Crippen MR) is 129 cm³/mol. The van der Waals surface area contributed by atoms with Gasteiger partial charge in [-0.3, -0.25) is 9.97 Å². The van der Waals surface area contributed by atoms with E-state index in [-0.39, 0.29) is 6.42 Å². The summed E-state index contributed by atoms with van der Waals surface area (Å²) in [5.74, 6) is 1.29. The molecule has 0 unspecified atom stereocenters. The van der Waals surface area contributed by atoms with Gasteiger partial charge in [-0.2, -0.15) is 5.26 Å². The summed E-state index contributed by atoms with van der Waals surface area (Å²) in [7, 11) is 0. The molecule has 0 amide bonds. The van der Waals surface area contributed by atoms with Crippen molar-refractivity contribution >= 4 is 16.7 Å². The number of fused-ring (bicyclic) bond motifs is 1. The van der Waals surface area contributed by atoms with E-state index in [0.29, 0.717) is 12.4 Å². The van der Waals surface area contributed by atoms with Crippen molar-refractivity contribution in [2.75, 3.05) is 5.32 Å². The second kappa shape index (κ2) is 9.25. The topological polar surface area (TPSA) is 87.4 Å². The molecular formula is C27H20N6. The fourth-order valence-corrected chi connectivity index (χ4v) is 3.77. The predicted octanol–water partition coefficient (Wildman–Crippen LogP) is 5.43. The Morgan fingerprint density at radius 1 is 0.848 bits per heavy atom. The minimum atomic E-state index is 0.289. The van der Waals surface area contributed by atoms with Gasteiger partial charge in [0.25, 0.3) is 0 Å². The molecule has 158 valence electrons.